The smallest absolute Gasteiger partial charge is 0.244 e. The Morgan fingerprint density at radius 3 is 1.19 bits per heavy atom. The van der Waals surface area contributed by atoms with Gasteiger partial charge in [0.05, 0.1) is 35.3 Å². The van der Waals surface area contributed by atoms with Gasteiger partial charge in [0.25, 0.3) is 0 Å². The second-order valence-corrected chi connectivity index (χ2v) is 44.8. The minimum atomic E-state index is -5.01. The van der Waals surface area contributed by atoms with Crippen LogP contribution in [0.1, 0.15) is 59.3 Å². The van der Waals surface area contributed by atoms with E-state index in [9.17, 15) is 43.2 Å². The molecule has 0 spiro atoms. The van der Waals surface area contributed by atoms with Crippen molar-refractivity contribution >= 4 is 202 Å². The van der Waals surface area contributed by atoms with Crippen molar-refractivity contribution in [2.24, 2.45) is 16.5 Å². The minimum Gasteiger partial charge on any atom is -0.412 e. The zero-order valence-corrected chi connectivity index (χ0v) is 87.2. The standard InChI is InChI=1S/C22H24ClN7O.C22H22ClN7O.C20H19ClN6O.C19H19ClIN5O.C12H13IO6.C2H8N2.CH3F.H2O/c2*1-15-13-16(4-5-18(15)23)28-9-11-29(12-10-28)19(31)14-30-22-17(3-2-6-26-22)20(27-30)21-24-7-8-25-21;1-14-11-15(4-5-17(14)21)25-7-9-26(10-8-25)19(28)13-27-20-16(3-2-6-23-20)18(12-22)24-27;1-13-11-14(4-5-16(13)20)24-7-9-25(10-8-24)17(27)12-26-19-15(18(21)23-26)3-2-6-22-19;1-8(14)17-13(3,18-9(2)15)11-7-5-4-6-10(11)12(16)19-13;3-1-2-4;1-2;/h2-6,13H,7-12,14H2,1H3,(H,24,25);2-8,13H,9-12,14H2,1H3,(H,24,25);2-6,11H,7-10,13H2,1H3;2-6,11H,7-10,12H2,1H3;4-7H,1-3H3;1-4H2;1H3;1H2/i/hD. The molecule has 0 atom stereocenters. The number of piperazine rings is 4. The van der Waals surface area contributed by atoms with Crippen LogP contribution >= 0.6 is 87.3 Å². The fourth-order valence-corrected chi connectivity index (χ4v) is 25.6. The number of pyridine rings is 4. The van der Waals surface area contributed by atoms with Crippen LogP contribution in [0.2, 0.25) is 20.1 Å². The molecule has 0 saturated carbocycles. The van der Waals surface area contributed by atoms with E-state index in [1.54, 1.807) is 87.6 Å². The summed E-state index contributed by atoms with van der Waals surface area (Å²) in [6.45, 7) is 25.3. The van der Waals surface area contributed by atoms with Gasteiger partial charge in [-0.25, -0.2) is 43.6 Å². The van der Waals surface area contributed by atoms with Gasteiger partial charge in [-0.05, 0) is 194 Å². The van der Waals surface area contributed by atoms with Gasteiger partial charge in [0, 0.05) is 204 Å². The van der Waals surface area contributed by atoms with Gasteiger partial charge in [0.2, 0.25) is 25.1 Å². The van der Waals surface area contributed by atoms with Crippen molar-refractivity contribution in [2.45, 2.75) is 67.7 Å². The number of imidazole rings is 1. The number of aryl methyl sites for hydroxylation is 4. The number of nitrogens with one attached hydrogen (secondary N) is 2. The number of rotatable bonds is 17. The van der Waals surface area contributed by atoms with Gasteiger partial charge in [-0.15, -0.1) is 0 Å². The Morgan fingerprint density at radius 2 is 0.832 bits per heavy atom. The Labute approximate surface area is 861 Å². The van der Waals surface area contributed by atoms with Gasteiger partial charge in [0.15, 0.2) is 34.1 Å². The summed E-state index contributed by atoms with van der Waals surface area (Å²) in [6.07, 6.45) is 10.2. The number of nitrogens with zero attached hydrogens (tertiary/aromatic N) is 23. The summed E-state index contributed by atoms with van der Waals surface area (Å²) in [4.78, 5) is 134. The van der Waals surface area contributed by atoms with Crippen molar-refractivity contribution in [3.05, 3.63) is 249 Å². The average Bonchev–Trinajstić information content (AvgIpc) is 1.55. The number of alkyl halides is 2. The number of hydrogen-bond acceptors (Lipinski definition) is 28. The van der Waals surface area contributed by atoms with E-state index in [1.807, 2.05) is 132 Å². The fraction of sp³-hybridized carbons (Fsp3) is 0.327. The Hall–Kier alpha value is -13.3. The summed E-state index contributed by atoms with van der Waals surface area (Å²) in [5.41, 5.74) is 29.6. The molecule has 38 nitrogen and oxygen atoms in total. The number of hydrogen-bond donors (Lipinski definition) is 4. The van der Waals surface area contributed by atoms with Crippen molar-refractivity contribution < 1.29 is 54.1 Å². The molecule has 6 aliphatic heterocycles. The van der Waals surface area contributed by atoms with E-state index < -0.39 is 36.2 Å². The summed E-state index contributed by atoms with van der Waals surface area (Å²) < 4.78 is 37.9. The first-order valence-corrected chi connectivity index (χ1v) is 54.0. The molecule has 5 aromatic carbocycles. The third kappa shape index (κ3) is 25.5. The average molecular weight is 2260 g/mol. The molecule has 0 aliphatic carbocycles. The number of aliphatic imine (C=N–C) groups is 1. The Morgan fingerprint density at radius 1 is 0.483 bits per heavy atom. The second kappa shape index (κ2) is 48.6. The van der Waals surface area contributed by atoms with E-state index in [-0.39, 0.29) is 55.4 Å². The first kappa shape index (κ1) is 105. The number of halogens is 7. The SMILES string of the molecule is CC(=O)OI1(C)(OC(C)=O)OC(=O)c2ccccc21.CF.Cc1cc(N2CCN(C(=O)Cn3nc(-c4ncc[nH]4)c4cccnc43)CC2)ccc1Cl.Cc1cc(N2CCN(C(=O)Cn3nc(C#N)c4cccnc43)CC2)ccc1Cl.Cc1cc(N2CCN(C(=O)Cn3nc(C4=NCCN4)c4cccnc43)CC2)ccc1Cl.Cc1cc(N2CCN(C(=O)Cn3nc(I)c4cccnc43)CC2)ccc1Cl.NCCN.[2H]O. The number of fused-ring (bicyclic) bond motifs is 5. The van der Waals surface area contributed by atoms with Gasteiger partial charge in [0.1, 0.15) is 53.2 Å². The Kier molecular flexibility index (Phi) is 35.9. The van der Waals surface area contributed by atoms with E-state index in [0.29, 0.717) is 116 Å². The molecule has 8 N–H and O–H groups in total. The van der Waals surface area contributed by atoms with Gasteiger partial charge >= 0.3 is 112 Å². The first-order valence-electron chi connectivity index (χ1n) is 46.0. The molecule has 4 amide bonds. The topological polar surface area (TPSA) is 456 Å². The van der Waals surface area contributed by atoms with Crippen LogP contribution in [-0.4, -0.2) is 284 Å². The molecule has 0 bridgehead atoms. The summed E-state index contributed by atoms with van der Waals surface area (Å²) in [5, 5.41) is 37.0. The number of carbonyl (C=O) groups excluding carboxylic acids is 7. The molecule has 4 saturated heterocycles. The molecular weight excluding hydrogens is 2150 g/mol. The summed E-state index contributed by atoms with van der Waals surface area (Å²) in [7, 11) is 0.500. The number of nitrogens with two attached hydrogens (primary N) is 2. The van der Waals surface area contributed by atoms with Crippen LogP contribution in [0.15, 0.2) is 188 Å². The van der Waals surface area contributed by atoms with Crippen LogP contribution in [0.5, 0.6) is 0 Å². The quantitative estimate of drug-likeness (QED) is 0.0486. The third-order valence-corrected chi connectivity index (χ3v) is 34.7. The molecule has 752 valence electrons. The van der Waals surface area contributed by atoms with Crippen LogP contribution in [-0.2, 0) is 64.1 Å². The predicted octanol–water partition coefficient (Wildman–Crippen LogP) is 12.0. The van der Waals surface area contributed by atoms with E-state index in [0.717, 1.165) is 168 Å². The van der Waals surface area contributed by atoms with Crippen LogP contribution < -0.4 is 36.4 Å². The minimum absolute atomic E-state index is 0.0218. The maximum Gasteiger partial charge on any atom is 0.244 e. The van der Waals surface area contributed by atoms with E-state index in [1.165, 1.54) is 23.5 Å². The zero-order valence-electron chi connectivity index (χ0n) is 80.9. The van der Waals surface area contributed by atoms with Gasteiger partial charge in [-0.3, -0.25) is 28.6 Å². The van der Waals surface area contributed by atoms with E-state index in [4.69, 9.17) is 74.0 Å². The maximum atomic E-state index is 13.0. The van der Waals surface area contributed by atoms with Crippen LogP contribution in [0, 0.1) is 46.3 Å². The van der Waals surface area contributed by atoms with E-state index in [2.05, 4.69) is 133 Å². The van der Waals surface area contributed by atoms with Crippen LogP contribution in [0.4, 0.5) is 27.1 Å². The monoisotopic (exact) mass is 2250 g/mol. The summed E-state index contributed by atoms with van der Waals surface area (Å²) in [5.74, 6) is -0.394. The molecule has 143 heavy (non-hydrogen) atoms. The number of carbonyl (C=O) groups is 7. The summed E-state index contributed by atoms with van der Waals surface area (Å²) >= 11 is 21.7. The Balaban J connectivity index is 0.000000149. The van der Waals surface area contributed by atoms with Crippen molar-refractivity contribution in [1.29, 1.82) is 5.26 Å². The molecule has 45 heteroatoms. The molecule has 4 fully saturated rings. The van der Waals surface area contributed by atoms with Crippen molar-refractivity contribution in [3.8, 4) is 17.6 Å². The maximum absolute atomic E-state index is 13.0. The molecule has 0 unspecified atom stereocenters. The molecule has 9 aromatic heterocycles. The molecule has 15 heterocycles. The first-order chi connectivity index (χ1) is 69.4. The van der Waals surface area contributed by atoms with Gasteiger partial charge < -0.3 is 66.4 Å². The third-order valence-electron chi connectivity index (χ3n) is 23.9. The van der Waals surface area contributed by atoms with Crippen LogP contribution in [0.3, 0.4) is 0 Å². The number of anilines is 4. The van der Waals surface area contributed by atoms with Gasteiger partial charge in [-0.1, -0.05) is 46.4 Å². The number of benzene rings is 5. The van der Waals surface area contributed by atoms with Crippen LogP contribution in [0.25, 0.3) is 55.7 Å². The molecule has 6 aliphatic rings. The normalized spacial score (nSPS) is 15.3. The number of amides is 4. The second-order valence-electron chi connectivity index (χ2n) is 33.5. The Bertz CT molecular complexity index is 6990. The molecular formula is C98H110Cl4FI2N27O11. The number of H-pyrrole nitrogens is 1. The number of aromatic amines is 1. The van der Waals surface area contributed by atoms with Gasteiger partial charge in [-0.2, -0.15) is 25.7 Å². The van der Waals surface area contributed by atoms with Crippen molar-refractivity contribution in [1.82, 2.24) is 93.9 Å². The number of nitriles is 1. The fourth-order valence-electron chi connectivity index (χ4n) is 16.8. The zero-order chi connectivity index (χ0) is 103. The molecule has 20 rings (SSSR count). The number of amidine groups is 1. The van der Waals surface area contributed by atoms with E-state index >= 15 is 0 Å². The summed E-state index contributed by atoms with van der Waals surface area (Å²) in [6, 6.07) is 47.8. The molecule has 0 radical (unpaired) electrons. The largest absolute Gasteiger partial charge is 0.412 e. The molecule has 14 aromatic rings. The number of aromatic nitrogens is 14. The predicted molar refractivity (Wildman–Crippen MR) is 567 cm³/mol. The van der Waals surface area contributed by atoms with Crippen molar-refractivity contribution in [2.75, 3.05) is 163 Å². The van der Waals surface area contributed by atoms with Crippen molar-refractivity contribution in [3.63, 3.8) is 0 Å².